The number of pyridine rings is 1. The topological polar surface area (TPSA) is 22.1 Å². The second kappa shape index (κ2) is 4.87. The number of nitrogens with zero attached hydrogens (tertiary/aromatic N) is 1. The highest BCUT2D eigenvalue weighted by Crippen LogP contribution is 2.12. The Morgan fingerprint density at radius 1 is 1.62 bits per heavy atom. The van der Waals surface area contributed by atoms with Crippen molar-refractivity contribution in [2.75, 3.05) is 6.61 Å². The quantitative estimate of drug-likeness (QED) is 0.547. The summed E-state index contributed by atoms with van der Waals surface area (Å²) in [6, 6.07) is 3.49. The van der Waals surface area contributed by atoms with E-state index in [1.807, 2.05) is 6.92 Å². The zero-order chi connectivity index (χ0) is 9.68. The van der Waals surface area contributed by atoms with Crippen molar-refractivity contribution in [2.45, 2.75) is 13.3 Å². The van der Waals surface area contributed by atoms with Crippen molar-refractivity contribution in [2.24, 2.45) is 0 Å². The van der Waals surface area contributed by atoms with Crippen LogP contribution in [0.3, 0.4) is 0 Å². The molecule has 1 aromatic heterocycles. The van der Waals surface area contributed by atoms with E-state index in [1.165, 1.54) is 0 Å². The van der Waals surface area contributed by atoms with Gasteiger partial charge in [-0.15, -0.1) is 0 Å². The van der Waals surface area contributed by atoms with Crippen molar-refractivity contribution in [3.63, 3.8) is 0 Å². The lowest BCUT2D eigenvalue weighted by Gasteiger charge is -2.05. The lowest BCUT2D eigenvalue weighted by Crippen LogP contribution is -1.99. The van der Waals surface area contributed by atoms with Crippen molar-refractivity contribution in [1.82, 2.24) is 4.98 Å². The highest BCUT2D eigenvalue weighted by Gasteiger charge is 1.95. The van der Waals surface area contributed by atoms with E-state index in [9.17, 15) is 0 Å². The smallest absolute Gasteiger partial charge is 0.138 e. The Hall–Kier alpha value is -1.02. The minimum absolute atomic E-state index is 0.474. The standard InChI is InChI=1S/C10H12ClNO/c1-3-8(2)7-13-9-4-5-10(11)12-6-9/h4-6H,2-3,7H2,1H3. The van der Waals surface area contributed by atoms with E-state index in [0.717, 1.165) is 17.7 Å². The maximum atomic E-state index is 5.62. The Balaban J connectivity index is 2.46. The van der Waals surface area contributed by atoms with Crippen molar-refractivity contribution < 1.29 is 4.74 Å². The molecule has 0 aromatic carbocycles. The first-order valence-corrected chi connectivity index (χ1v) is 4.51. The fourth-order valence-electron chi connectivity index (χ4n) is 0.735. The van der Waals surface area contributed by atoms with Crippen LogP contribution >= 0.6 is 11.6 Å². The Morgan fingerprint density at radius 3 is 2.92 bits per heavy atom. The first kappa shape index (κ1) is 10.1. The molecule has 0 spiro atoms. The van der Waals surface area contributed by atoms with Crippen molar-refractivity contribution >= 4 is 11.6 Å². The highest BCUT2D eigenvalue weighted by atomic mass is 35.5. The van der Waals surface area contributed by atoms with Crippen LogP contribution in [-0.4, -0.2) is 11.6 Å². The van der Waals surface area contributed by atoms with Gasteiger partial charge in [-0.1, -0.05) is 25.1 Å². The van der Waals surface area contributed by atoms with Crippen LogP contribution in [0.2, 0.25) is 5.15 Å². The fourth-order valence-corrected chi connectivity index (χ4v) is 0.847. The Bertz CT molecular complexity index is 281. The van der Waals surface area contributed by atoms with Gasteiger partial charge in [0.15, 0.2) is 0 Å². The summed E-state index contributed by atoms with van der Waals surface area (Å²) < 4.78 is 5.39. The van der Waals surface area contributed by atoms with Gasteiger partial charge in [-0.25, -0.2) is 4.98 Å². The lowest BCUT2D eigenvalue weighted by atomic mass is 10.2. The van der Waals surface area contributed by atoms with Crippen molar-refractivity contribution in [1.29, 1.82) is 0 Å². The van der Waals surface area contributed by atoms with Gasteiger partial charge in [0, 0.05) is 0 Å². The number of hydrogen-bond acceptors (Lipinski definition) is 2. The van der Waals surface area contributed by atoms with Gasteiger partial charge in [-0.3, -0.25) is 0 Å². The number of hydrogen-bond donors (Lipinski definition) is 0. The average Bonchev–Trinajstić information content (AvgIpc) is 2.16. The Morgan fingerprint density at radius 2 is 2.38 bits per heavy atom. The molecular weight excluding hydrogens is 186 g/mol. The third-order valence-electron chi connectivity index (χ3n) is 1.64. The van der Waals surface area contributed by atoms with Gasteiger partial charge in [0.2, 0.25) is 0 Å². The summed E-state index contributed by atoms with van der Waals surface area (Å²) >= 11 is 5.62. The molecule has 13 heavy (non-hydrogen) atoms. The molecule has 0 radical (unpaired) electrons. The van der Waals surface area contributed by atoms with Crippen molar-refractivity contribution in [3.05, 3.63) is 35.6 Å². The summed E-state index contributed by atoms with van der Waals surface area (Å²) in [5, 5.41) is 0.474. The SMILES string of the molecule is C=C(CC)COc1ccc(Cl)nc1. The van der Waals surface area contributed by atoms with Gasteiger partial charge in [0.1, 0.15) is 17.5 Å². The third-order valence-corrected chi connectivity index (χ3v) is 1.87. The van der Waals surface area contributed by atoms with E-state index >= 15 is 0 Å². The van der Waals surface area contributed by atoms with E-state index < -0.39 is 0 Å². The molecule has 0 aliphatic carbocycles. The molecule has 0 saturated carbocycles. The monoisotopic (exact) mass is 197 g/mol. The summed E-state index contributed by atoms with van der Waals surface area (Å²) in [5.41, 5.74) is 1.06. The molecule has 0 unspecified atom stereocenters. The molecule has 2 nitrogen and oxygen atoms in total. The van der Waals surface area contributed by atoms with Crippen LogP contribution < -0.4 is 4.74 Å². The Labute approximate surface area is 83.2 Å². The van der Waals surface area contributed by atoms with Gasteiger partial charge >= 0.3 is 0 Å². The van der Waals surface area contributed by atoms with Crippen LogP contribution in [0.15, 0.2) is 30.5 Å². The largest absolute Gasteiger partial charge is 0.488 e. The molecule has 0 bridgehead atoms. The van der Waals surface area contributed by atoms with Gasteiger partial charge in [0.05, 0.1) is 6.20 Å². The van der Waals surface area contributed by atoms with Gasteiger partial charge in [0.25, 0.3) is 0 Å². The van der Waals surface area contributed by atoms with E-state index in [-0.39, 0.29) is 0 Å². The molecule has 0 amide bonds. The van der Waals surface area contributed by atoms with Crippen molar-refractivity contribution in [3.8, 4) is 5.75 Å². The molecule has 0 aliphatic rings. The molecule has 0 fully saturated rings. The van der Waals surface area contributed by atoms with Crippen LogP contribution in [-0.2, 0) is 0 Å². The summed E-state index contributed by atoms with van der Waals surface area (Å²) in [5.74, 6) is 0.721. The van der Waals surface area contributed by atoms with E-state index in [0.29, 0.717) is 11.8 Å². The average molecular weight is 198 g/mol. The molecule has 1 heterocycles. The predicted molar refractivity (Wildman–Crippen MR) is 54.2 cm³/mol. The molecule has 70 valence electrons. The minimum atomic E-state index is 0.474. The summed E-state index contributed by atoms with van der Waals surface area (Å²) in [6.07, 6.45) is 2.53. The van der Waals surface area contributed by atoms with Crippen LogP contribution in [0, 0.1) is 0 Å². The first-order valence-electron chi connectivity index (χ1n) is 4.13. The van der Waals surface area contributed by atoms with Crippen LogP contribution in [0.4, 0.5) is 0 Å². The van der Waals surface area contributed by atoms with Crippen LogP contribution in [0.5, 0.6) is 5.75 Å². The maximum Gasteiger partial charge on any atom is 0.138 e. The molecule has 1 rings (SSSR count). The van der Waals surface area contributed by atoms with Gasteiger partial charge < -0.3 is 4.74 Å². The zero-order valence-corrected chi connectivity index (χ0v) is 8.34. The number of rotatable bonds is 4. The van der Waals surface area contributed by atoms with E-state index in [2.05, 4.69) is 11.6 Å². The molecule has 0 saturated heterocycles. The summed E-state index contributed by atoms with van der Waals surface area (Å²) in [7, 11) is 0. The summed E-state index contributed by atoms with van der Waals surface area (Å²) in [4.78, 5) is 3.89. The summed E-state index contributed by atoms with van der Waals surface area (Å²) in [6.45, 7) is 6.42. The van der Waals surface area contributed by atoms with Gasteiger partial charge in [-0.05, 0) is 24.1 Å². The second-order valence-corrected chi connectivity index (χ2v) is 3.10. The highest BCUT2D eigenvalue weighted by molar-refractivity contribution is 6.29. The molecule has 3 heteroatoms. The lowest BCUT2D eigenvalue weighted by molar-refractivity contribution is 0.347. The molecule has 0 N–H and O–H groups in total. The number of aromatic nitrogens is 1. The first-order chi connectivity index (χ1) is 6.22. The third kappa shape index (κ3) is 3.47. The normalized spacial score (nSPS) is 9.69. The van der Waals surface area contributed by atoms with E-state index in [4.69, 9.17) is 16.3 Å². The maximum absolute atomic E-state index is 5.62. The minimum Gasteiger partial charge on any atom is -0.488 e. The Kier molecular flexibility index (Phi) is 3.77. The second-order valence-electron chi connectivity index (χ2n) is 2.71. The molecular formula is C10H12ClNO. The zero-order valence-electron chi connectivity index (χ0n) is 7.59. The van der Waals surface area contributed by atoms with Crippen LogP contribution in [0.1, 0.15) is 13.3 Å². The molecule has 0 aliphatic heterocycles. The predicted octanol–water partition coefficient (Wildman–Crippen LogP) is 3.08. The molecule has 1 aromatic rings. The number of halogens is 1. The fraction of sp³-hybridized carbons (Fsp3) is 0.300. The van der Waals surface area contributed by atoms with Gasteiger partial charge in [-0.2, -0.15) is 0 Å². The van der Waals surface area contributed by atoms with E-state index in [1.54, 1.807) is 18.3 Å². The number of ether oxygens (including phenoxy) is 1. The molecule has 0 atom stereocenters. The van der Waals surface area contributed by atoms with Crippen LogP contribution in [0.25, 0.3) is 0 Å².